The van der Waals surface area contributed by atoms with Crippen LogP contribution in [0.5, 0.6) is 5.75 Å². The van der Waals surface area contributed by atoms with E-state index in [0.717, 1.165) is 44.4 Å². The van der Waals surface area contributed by atoms with Crippen LogP contribution in [0.1, 0.15) is 33.1 Å². The van der Waals surface area contributed by atoms with Gasteiger partial charge in [-0.05, 0) is 37.8 Å². The minimum atomic E-state index is 0.611. The molecule has 1 heterocycles. The second kappa shape index (κ2) is 10.2. The van der Waals surface area contributed by atoms with Gasteiger partial charge in [0.25, 0.3) is 0 Å². The lowest BCUT2D eigenvalue weighted by molar-refractivity contribution is 0.415. The zero-order valence-electron chi connectivity index (χ0n) is 16.3. The van der Waals surface area contributed by atoms with Gasteiger partial charge in [0.1, 0.15) is 5.75 Å². The number of rotatable bonds is 8. The average Bonchev–Trinajstić information content (AvgIpc) is 3.12. The molecule has 1 aliphatic heterocycles. The molecule has 2 rings (SSSR count). The van der Waals surface area contributed by atoms with Crippen LogP contribution in [0.25, 0.3) is 0 Å². The third-order valence-electron chi connectivity index (χ3n) is 4.75. The lowest BCUT2D eigenvalue weighted by Gasteiger charge is -2.22. The normalized spacial score (nSPS) is 17.7. The van der Waals surface area contributed by atoms with Crippen LogP contribution in [0, 0.1) is 5.92 Å². The number of methoxy groups -OCH3 is 1. The Morgan fingerprint density at radius 3 is 2.96 bits per heavy atom. The van der Waals surface area contributed by atoms with Crippen molar-refractivity contribution in [2.45, 2.75) is 33.1 Å². The molecule has 1 aromatic carbocycles. The first-order valence-electron chi connectivity index (χ1n) is 9.56. The summed E-state index contributed by atoms with van der Waals surface area (Å²) in [5, 5.41) is 3.42. The first-order valence-corrected chi connectivity index (χ1v) is 9.56. The van der Waals surface area contributed by atoms with E-state index in [9.17, 15) is 0 Å². The molecule has 25 heavy (non-hydrogen) atoms. The molecule has 5 heteroatoms. The lowest BCUT2D eigenvalue weighted by Crippen LogP contribution is -2.39. The second-order valence-electron chi connectivity index (χ2n) is 6.77. The van der Waals surface area contributed by atoms with E-state index in [1.54, 1.807) is 7.11 Å². The molecule has 1 N–H and O–H groups in total. The molecule has 1 atom stereocenters. The van der Waals surface area contributed by atoms with Crippen LogP contribution in [-0.2, 0) is 0 Å². The van der Waals surface area contributed by atoms with E-state index in [4.69, 9.17) is 9.73 Å². The van der Waals surface area contributed by atoms with Crippen LogP contribution in [0.4, 0.5) is 5.69 Å². The molecular weight excluding hydrogens is 312 g/mol. The number of nitrogens with zero attached hydrogens (tertiary/aromatic N) is 3. The van der Waals surface area contributed by atoms with Crippen LogP contribution in [0.15, 0.2) is 29.3 Å². The van der Waals surface area contributed by atoms with Gasteiger partial charge in [-0.3, -0.25) is 4.99 Å². The summed E-state index contributed by atoms with van der Waals surface area (Å²) >= 11 is 0. The SMILES string of the molecule is CCCCN(C)C(=NCC1CCN(c2cccc(OC)c2)C1)NCC. The molecule has 0 bridgehead atoms. The van der Waals surface area contributed by atoms with E-state index in [1.807, 2.05) is 6.07 Å². The summed E-state index contributed by atoms with van der Waals surface area (Å²) in [6.07, 6.45) is 3.61. The minimum Gasteiger partial charge on any atom is -0.497 e. The van der Waals surface area contributed by atoms with Crippen molar-refractivity contribution < 1.29 is 4.74 Å². The highest BCUT2D eigenvalue weighted by atomic mass is 16.5. The Bertz CT molecular complexity index is 546. The van der Waals surface area contributed by atoms with Gasteiger partial charge < -0.3 is 19.9 Å². The van der Waals surface area contributed by atoms with E-state index < -0.39 is 0 Å². The summed E-state index contributed by atoms with van der Waals surface area (Å²) in [6.45, 7) is 9.37. The molecule has 0 amide bonds. The lowest BCUT2D eigenvalue weighted by atomic mass is 10.1. The molecule has 0 aromatic heterocycles. The molecular formula is C20H34N4O. The minimum absolute atomic E-state index is 0.611. The fourth-order valence-corrected chi connectivity index (χ4v) is 3.21. The van der Waals surface area contributed by atoms with Crippen molar-refractivity contribution in [3.05, 3.63) is 24.3 Å². The van der Waals surface area contributed by atoms with Crippen molar-refractivity contribution in [3.8, 4) is 5.75 Å². The second-order valence-corrected chi connectivity index (χ2v) is 6.77. The third-order valence-corrected chi connectivity index (χ3v) is 4.75. The van der Waals surface area contributed by atoms with Crippen molar-refractivity contribution in [2.75, 3.05) is 51.8 Å². The number of benzene rings is 1. The molecule has 0 aliphatic carbocycles. The first-order chi connectivity index (χ1) is 12.2. The number of hydrogen-bond acceptors (Lipinski definition) is 3. The maximum absolute atomic E-state index is 5.34. The quantitative estimate of drug-likeness (QED) is 0.579. The Morgan fingerprint density at radius 2 is 2.24 bits per heavy atom. The summed E-state index contributed by atoms with van der Waals surface area (Å²) < 4.78 is 5.34. The molecule has 5 nitrogen and oxygen atoms in total. The summed E-state index contributed by atoms with van der Waals surface area (Å²) in [6, 6.07) is 8.34. The van der Waals surface area contributed by atoms with E-state index in [2.05, 4.69) is 54.2 Å². The molecule has 1 aromatic rings. The number of unbranched alkanes of at least 4 members (excludes halogenated alkanes) is 1. The van der Waals surface area contributed by atoms with E-state index in [-0.39, 0.29) is 0 Å². The maximum atomic E-state index is 5.34. The Balaban J connectivity index is 1.91. The van der Waals surface area contributed by atoms with E-state index >= 15 is 0 Å². The van der Waals surface area contributed by atoms with Gasteiger partial charge in [0.05, 0.1) is 7.11 Å². The number of anilines is 1. The Labute approximate surface area is 153 Å². The number of hydrogen-bond donors (Lipinski definition) is 1. The predicted molar refractivity (Wildman–Crippen MR) is 107 cm³/mol. The average molecular weight is 347 g/mol. The van der Waals surface area contributed by atoms with Gasteiger partial charge in [-0.25, -0.2) is 0 Å². The van der Waals surface area contributed by atoms with Gasteiger partial charge in [0.15, 0.2) is 5.96 Å². The molecule has 1 aliphatic rings. The van der Waals surface area contributed by atoms with Crippen molar-refractivity contribution in [1.82, 2.24) is 10.2 Å². The van der Waals surface area contributed by atoms with Gasteiger partial charge in [-0.2, -0.15) is 0 Å². The topological polar surface area (TPSA) is 40.1 Å². The van der Waals surface area contributed by atoms with Crippen molar-refractivity contribution >= 4 is 11.6 Å². The highest BCUT2D eigenvalue weighted by Crippen LogP contribution is 2.27. The molecule has 140 valence electrons. The Morgan fingerprint density at radius 1 is 1.40 bits per heavy atom. The Hall–Kier alpha value is -1.91. The van der Waals surface area contributed by atoms with Crippen LogP contribution in [-0.4, -0.2) is 57.7 Å². The highest BCUT2D eigenvalue weighted by Gasteiger charge is 2.23. The molecule has 1 fully saturated rings. The standard InChI is InChI=1S/C20H34N4O/c1-5-7-12-23(3)20(21-6-2)22-15-17-11-13-24(16-17)18-9-8-10-19(14-18)25-4/h8-10,14,17H,5-7,11-13,15-16H2,1-4H3,(H,21,22). The van der Waals surface area contributed by atoms with Crippen LogP contribution in [0.3, 0.4) is 0 Å². The van der Waals surface area contributed by atoms with Crippen molar-refractivity contribution in [2.24, 2.45) is 10.9 Å². The van der Waals surface area contributed by atoms with Crippen LogP contribution < -0.4 is 15.0 Å². The van der Waals surface area contributed by atoms with Crippen molar-refractivity contribution in [3.63, 3.8) is 0 Å². The number of ether oxygens (including phenoxy) is 1. The zero-order chi connectivity index (χ0) is 18.1. The smallest absolute Gasteiger partial charge is 0.193 e. The molecule has 0 radical (unpaired) electrons. The fourth-order valence-electron chi connectivity index (χ4n) is 3.21. The summed E-state index contributed by atoms with van der Waals surface area (Å²) in [7, 11) is 3.85. The maximum Gasteiger partial charge on any atom is 0.193 e. The molecule has 0 saturated carbocycles. The molecule has 1 unspecified atom stereocenters. The monoisotopic (exact) mass is 346 g/mol. The zero-order valence-corrected chi connectivity index (χ0v) is 16.3. The van der Waals surface area contributed by atoms with Crippen LogP contribution in [0.2, 0.25) is 0 Å². The first kappa shape index (κ1) is 19.4. The number of nitrogens with one attached hydrogen (secondary N) is 1. The van der Waals surface area contributed by atoms with Gasteiger partial charge in [0.2, 0.25) is 0 Å². The molecule has 0 spiro atoms. The van der Waals surface area contributed by atoms with E-state index in [1.165, 1.54) is 24.9 Å². The highest BCUT2D eigenvalue weighted by molar-refractivity contribution is 5.79. The fraction of sp³-hybridized carbons (Fsp3) is 0.650. The van der Waals surface area contributed by atoms with Crippen LogP contribution >= 0.6 is 0 Å². The van der Waals surface area contributed by atoms with Gasteiger partial charge in [0, 0.05) is 51.5 Å². The Kier molecular flexibility index (Phi) is 7.89. The predicted octanol–water partition coefficient (Wildman–Crippen LogP) is 3.22. The summed E-state index contributed by atoms with van der Waals surface area (Å²) in [5.41, 5.74) is 1.25. The van der Waals surface area contributed by atoms with Gasteiger partial charge in [-0.1, -0.05) is 19.4 Å². The summed E-state index contributed by atoms with van der Waals surface area (Å²) in [4.78, 5) is 9.58. The van der Waals surface area contributed by atoms with Crippen molar-refractivity contribution in [1.29, 1.82) is 0 Å². The van der Waals surface area contributed by atoms with Gasteiger partial charge in [-0.15, -0.1) is 0 Å². The number of aliphatic imine (C=N–C) groups is 1. The summed E-state index contributed by atoms with van der Waals surface area (Å²) in [5.74, 6) is 2.57. The van der Waals surface area contributed by atoms with Gasteiger partial charge >= 0.3 is 0 Å². The van der Waals surface area contributed by atoms with E-state index in [0.29, 0.717) is 5.92 Å². The largest absolute Gasteiger partial charge is 0.497 e. The molecule has 1 saturated heterocycles. The third kappa shape index (κ3) is 5.83. The number of guanidine groups is 1.